The van der Waals surface area contributed by atoms with Crippen molar-refractivity contribution in [2.24, 2.45) is 5.92 Å². The second-order valence-corrected chi connectivity index (χ2v) is 5.84. The summed E-state index contributed by atoms with van der Waals surface area (Å²) < 4.78 is 0. The van der Waals surface area contributed by atoms with E-state index in [0.717, 1.165) is 18.2 Å². The summed E-state index contributed by atoms with van der Waals surface area (Å²) in [6, 6.07) is 2.60. The molecule has 1 saturated carbocycles. The molecule has 100 valence electrons. The van der Waals surface area contributed by atoms with Crippen LogP contribution in [0, 0.1) is 26.7 Å². The van der Waals surface area contributed by atoms with Gasteiger partial charge in [0, 0.05) is 17.4 Å². The smallest absolute Gasteiger partial charge is 0.0426 e. The number of hydrogen-bond acceptors (Lipinski definition) is 2. The van der Waals surface area contributed by atoms with E-state index in [2.05, 4.69) is 44.1 Å². The molecule has 1 aliphatic carbocycles. The molecular weight excluding hydrogens is 220 g/mol. The number of nitrogens with one attached hydrogen (secondary N) is 1. The Morgan fingerprint density at radius 2 is 2.06 bits per heavy atom. The van der Waals surface area contributed by atoms with Gasteiger partial charge in [0.2, 0.25) is 0 Å². The van der Waals surface area contributed by atoms with Gasteiger partial charge in [0.25, 0.3) is 0 Å². The van der Waals surface area contributed by atoms with Crippen molar-refractivity contribution in [2.45, 2.75) is 59.4 Å². The Balaban J connectivity index is 1.88. The van der Waals surface area contributed by atoms with E-state index in [9.17, 15) is 0 Å². The largest absolute Gasteiger partial charge is 0.310 e. The van der Waals surface area contributed by atoms with E-state index in [0.29, 0.717) is 6.04 Å². The third-order valence-electron chi connectivity index (χ3n) is 3.95. The van der Waals surface area contributed by atoms with E-state index >= 15 is 0 Å². The molecule has 0 aliphatic heterocycles. The number of aryl methyl sites for hydroxylation is 3. The Hall–Kier alpha value is -0.890. The molecule has 2 nitrogen and oxygen atoms in total. The maximum absolute atomic E-state index is 4.58. The zero-order valence-corrected chi connectivity index (χ0v) is 12.2. The van der Waals surface area contributed by atoms with Gasteiger partial charge in [-0.3, -0.25) is 4.98 Å². The molecule has 1 aromatic rings. The monoisotopic (exact) mass is 246 g/mol. The SMILES string of the molecule is Cc1cc(C)c(C(C)NCCCC2CC2)c(C)n1. The Morgan fingerprint density at radius 3 is 2.67 bits per heavy atom. The minimum absolute atomic E-state index is 0.414. The fraction of sp³-hybridized carbons (Fsp3) is 0.688. The number of nitrogens with zero attached hydrogens (tertiary/aromatic N) is 1. The highest BCUT2D eigenvalue weighted by molar-refractivity contribution is 5.33. The molecule has 0 amide bonds. The van der Waals surface area contributed by atoms with Crippen molar-refractivity contribution in [3.63, 3.8) is 0 Å². The van der Waals surface area contributed by atoms with Crippen LogP contribution >= 0.6 is 0 Å². The molecule has 1 fully saturated rings. The summed E-state index contributed by atoms with van der Waals surface area (Å²) in [4.78, 5) is 4.58. The molecule has 1 aromatic heterocycles. The molecule has 2 heteroatoms. The van der Waals surface area contributed by atoms with Gasteiger partial charge in [-0.15, -0.1) is 0 Å². The van der Waals surface area contributed by atoms with Crippen LogP contribution in [0.4, 0.5) is 0 Å². The van der Waals surface area contributed by atoms with E-state index in [1.54, 1.807) is 0 Å². The molecule has 1 heterocycles. The number of pyridine rings is 1. The summed E-state index contributed by atoms with van der Waals surface area (Å²) in [5.41, 5.74) is 5.04. The van der Waals surface area contributed by atoms with Crippen LogP contribution in [0.1, 0.15) is 61.2 Å². The molecule has 0 aromatic carbocycles. The van der Waals surface area contributed by atoms with Gasteiger partial charge in [-0.1, -0.05) is 12.8 Å². The predicted molar refractivity (Wildman–Crippen MR) is 76.8 cm³/mol. The molecule has 0 spiro atoms. The van der Waals surface area contributed by atoms with Crippen molar-refractivity contribution in [1.82, 2.24) is 10.3 Å². The lowest BCUT2D eigenvalue weighted by atomic mass is 10.0. The van der Waals surface area contributed by atoms with E-state index in [1.165, 1.54) is 42.5 Å². The first-order valence-electron chi connectivity index (χ1n) is 7.26. The Kier molecular flexibility index (Phi) is 4.39. The zero-order chi connectivity index (χ0) is 13.1. The molecule has 1 unspecified atom stereocenters. The molecule has 1 N–H and O–H groups in total. The lowest BCUT2D eigenvalue weighted by Gasteiger charge is -2.19. The van der Waals surface area contributed by atoms with Gasteiger partial charge in [-0.05, 0) is 70.2 Å². The summed E-state index contributed by atoms with van der Waals surface area (Å²) in [6.45, 7) is 9.77. The number of aromatic nitrogens is 1. The van der Waals surface area contributed by atoms with Crippen LogP contribution < -0.4 is 5.32 Å². The van der Waals surface area contributed by atoms with Crippen molar-refractivity contribution in [3.05, 3.63) is 28.6 Å². The van der Waals surface area contributed by atoms with Crippen LogP contribution in [-0.2, 0) is 0 Å². The minimum atomic E-state index is 0.414. The van der Waals surface area contributed by atoms with Crippen LogP contribution in [0.25, 0.3) is 0 Å². The molecule has 1 atom stereocenters. The average Bonchev–Trinajstić information content (AvgIpc) is 3.06. The lowest BCUT2D eigenvalue weighted by Crippen LogP contribution is -2.22. The van der Waals surface area contributed by atoms with E-state index in [1.807, 2.05) is 0 Å². The molecule has 1 aliphatic rings. The summed E-state index contributed by atoms with van der Waals surface area (Å²) in [7, 11) is 0. The fourth-order valence-electron chi connectivity index (χ4n) is 2.91. The fourth-order valence-corrected chi connectivity index (χ4v) is 2.91. The molecule has 0 saturated heterocycles. The Bertz CT molecular complexity index is 385. The van der Waals surface area contributed by atoms with Gasteiger partial charge in [-0.2, -0.15) is 0 Å². The first-order chi connectivity index (χ1) is 8.58. The van der Waals surface area contributed by atoms with Gasteiger partial charge in [0.1, 0.15) is 0 Å². The summed E-state index contributed by atoms with van der Waals surface area (Å²) in [5, 5.41) is 3.64. The maximum atomic E-state index is 4.58. The van der Waals surface area contributed by atoms with Crippen molar-refractivity contribution >= 4 is 0 Å². The molecule has 0 bridgehead atoms. The van der Waals surface area contributed by atoms with Crippen LogP contribution in [0.3, 0.4) is 0 Å². The molecular formula is C16H26N2. The quantitative estimate of drug-likeness (QED) is 0.771. The molecule has 0 radical (unpaired) electrons. The second kappa shape index (κ2) is 5.83. The highest BCUT2D eigenvalue weighted by Gasteiger charge is 2.20. The van der Waals surface area contributed by atoms with Gasteiger partial charge in [0.05, 0.1) is 0 Å². The summed E-state index contributed by atoms with van der Waals surface area (Å²) in [5.74, 6) is 1.05. The third-order valence-corrected chi connectivity index (χ3v) is 3.95. The van der Waals surface area contributed by atoms with Gasteiger partial charge < -0.3 is 5.32 Å². The lowest BCUT2D eigenvalue weighted by molar-refractivity contribution is 0.528. The van der Waals surface area contributed by atoms with Crippen LogP contribution in [0.5, 0.6) is 0 Å². The number of hydrogen-bond donors (Lipinski definition) is 1. The van der Waals surface area contributed by atoms with Crippen molar-refractivity contribution < 1.29 is 0 Å². The predicted octanol–water partition coefficient (Wildman–Crippen LogP) is 3.85. The van der Waals surface area contributed by atoms with Crippen molar-refractivity contribution in [3.8, 4) is 0 Å². The summed E-state index contributed by atoms with van der Waals surface area (Å²) >= 11 is 0. The number of rotatable bonds is 6. The molecule has 2 rings (SSSR count). The highest BCUT2D eigenvalue weighted by atomic mass is 14.9. The third kappa shape index (κ3) is 3.55. The van der Waals surface area contributed by atoms with Gasteiger partial charge >= 0.3 is 0 Å². The summed E-state index contributed by atoms with van der Waals surface area (Å²) in [6.07, 6.45) is 5.65. The zero-order valence-electron chi connectivity index (χ0n) is 12.2. The van der Waals surface area contributed by atoms with E-state index in [4.69, 9.17) is 0 Å². The van der Waals surface area contributed by atoms with Crippen molar-refractivity contribution in [2.75, 3.05) is 6.54 Å². The van der Waals surface area contributed by atoms with Crippen molar-refractivity contribution in [1.29, 1.82) is 0 Å². The molecule has 18 heavy (non-hydrogen) atoms. The first-order valence-corrected chi connectivity index (χ1v) is 7.26. The van der Waals surface area contributed by atoms with Crippen LogP contribution in [0.2, 0.25) is 0 Å². The standard InChI is InChI=1S/C16H26N2/c1-11-10-12(2)18-14(4)16(11)13(3)17-9-5-6-15-7-8-15/h10,13,15,17H,5-9H2,1-4H3. The van der Waals surface area contributed by atoms with Crippen LogP contribution in [0.15, 0.2) is 6.07 Å². The van der Waals surface area contributed by atoms with E-state index in [-0.39, 0.29) is 0 Å². The van der Waals surface area contributed by atoms with Gasteiger partial charge in [-0.25, -0.2) is 0 Å². The van der Waals surface area contributed by atoms with E-state index < -0.39 is 0 Å². The first kappa shape index (κ1) is 13.5. The minimum Gasteiger partial charge on any atom is -0.310 e. The van der Waals surface area contributed by atoms with Gasteiger partial charge in [0.15, 0.2) is 0 Å². The Labute approximate surface area is 111 Å². The second-order valence-electron chi connectivity index (χ2n) is 5.84. The highest BCUT2D eigenvalue weighted by Crippen LogP contribution is 2.33. The normalized spacial score (nSPS) is 16.9. The van der Waals surface area contributed by atoms with Crippen LogP contribution in [-0.4, -0.2) is 11.5 Å². The Morgan fingerprint density at radius 1 is 1.33 bits per heavy atom. The average molecular weight is 246 g/mol. The maximum Gasteiger partial charge on any atom is 0.0426 e. The topological polar surface area (TPSA) is 24.9 Å².